The van der Waals surface area contributed by atoms with Gasteiger partial charge in [0.25, 0.3) is 5.91 Å². The Morgan fingerprint density at radius 2 is 2.04 bits per heavy atom. The van der Waals surface area contributed by atoms with Gasteiger partial charge in [0.2, 0.25) is 0 Å². The van der Waals surface area contributed by atoms with E-state index in [4.69, 9.17) is 10.1 Å². The van der Waals surface area contributed by atoms with E-state index < -0.39 is 5.97 Å². The van der Waals surface area contributed by atoms with Crippen molar-refractivity contribution in [2.45, 2.75) is 40.2 Å². The summed E-state index contributed by atoms with van der Waals surface area (Å²) in [4.78, 5) is 30.5. The number of carboxylic acid groups (broad SMARTS) is 1. The number of thiophene rings is 1. The molecule has 0 unspecified atom stereocenters. The van der Waals surface area contributed by atoms with Crippen LogP contribution in [0, 0.1) is 13.8 Å². The molecule has 1 amide bonds. The third kappa shape index (κ3) is 3.85. The zero-order valence-electron chi connectivity index (χ0n) is 15.7. The maximum absolute atomic E-state index is 12.7. The number of pyridine rings is 1. The predicted octanol–water partition coefficient (Wildman–Crippen LogP) is 3.56. The number of fused-ring (bicyclic) bond motifs is 1. The van der Waals surface area contributed by atoms with Gasteiger partial charge in [-0.25, -0.2) is 9.67 Å². The molecule has 3 aromatic heterocycles. The molecule has 0 saturated heterocycles. The fourth-order valence-electron chi connectivity index (χ4n) is 2.99. The molecule has 0 atom stereocenters. The van der Waals surface area contributed by atoms with Crippen molar-refractivity contribution in [3.05, 3.63) is 33.6 Å². The Morgan fingerprint density at radius 1 is 1.30 bits per heavy atom. The molecule has 0 aromatic carbocycles. The monoisotopic (exact) mass is 386 g/mol. The summed E-state index contributed by atoms with van der Waals surface area (Å²) in [5, 5.41) is 16.5. The van der Waals surface area contributed by atoms with Crippen LogP contribution in [0.1, 0.15) is 46.4 Å². The van der Waals surface area contributed by atoms with E-state index in [-0.39, 0.29) is 24.9 Å². The van der Waals surface area contributed by atoms with Crippen LogP contribution in [0.3, 0.4) is 0 Å². The first-order valence-electron chi connectivity index (χ1n) is 8.73. The number of amides is 1. The predicted molar refractivity (Wildman–Crippen MR) is 105 cm³/mol. The van der Waals surface area contributed by atoms with Gasteiger partial charge in [-0.1, -0.05) is 0 Å². The summed E-state index contributed by atoms with van der Waals surface area (Å²) in [6.07, 6.45) is 1.52. The van der Waals surface area contributed by atoms with E-state index in [1.54, 1.807) is 28.3 Å². The van der Waals surface area contributed by atoms with Crippen molar-refractivity contribution < 1.29 is 14.7 Å². The molecule has 3 heterocycles. The molecule has 0 spiro atoms. The zero-order chi connectivity index (χ0) is 19.7. The van der Waals surface area contributed by atoms with E-state index in [1.807, 2.05) is 27.7 Å². The van der Waals surface area contributed by atoms with Gasteiger partial charge in [-0.15, -0.1) is 11.3 Å². The van der Waals surface area contributed by atoms with Crippen LogP contribution in [0.15, 0.2) is 18.3 Å². The number of hydrogen-bond acceptors (Lipinski definition) is 5. The topological polar surface area (TPSA) is 97.1 Å². The number of aryl methyl sites for hydroxylation is 2. The summed E-state index contributed by atoms with van der Waals surface area (Å²) in [7, 11) is 0. The molecule has 27 heavy (non-hydrogen) atoms. The lowest BCUT2D eigenvalue weighted by Gasteiger charge is -2.11. The van der Waals surface area contributed by atoms with E-state index in [0.717, 1.165) is 16.1 Å². The van der Waals surface area contributed by atoms with Gasteiger partial charge in [0.15, 0.2) is 5.65 Å². The number of aromatic nitrogens is 3. The van der Waals surface area contributed by atoms with Crippen molar-refractivity contribution in [3.63, 3.8) is 0 Å². The Kier molecular flexibility index (Phi) is 5.27. The van der Waals surface area contributed by atoms with Crippen molar-refractivity contribution in [1.29, 1.82) is 0 Å². The largest absolute Gasteiger partial charge is 0.481 e. The van der Waals surface area contributed by atoms with E-state index in [1.165, 1.54) is 4.88 Å². The lowest BCUT2D eigenvalue weighted by atomic mass is 10.1. The number of nitrogens with one attached hydrogen (secondary N) is 1. The number of carbonyl (C=O) groups excluding carboxylic acids is 1. The van der Waals surface area contributed by atoms with Crippen LogP contribution < -0.4 is 5.32 Å². The molecule has 0 fully saturated rings. The molecule has 0 aliphatic rings. The van der Waals surface area contributed by atoms with Crippen molar-refractivity contribution in [3.8, 4) is 11.3 Å². The fraction of sp³-hybridized carbons (Fsp3) is 0.368. The van der Waals surface area contributed by atoms with Gasteiger partial charge in [-0.2, -0.15) is 5.10 Å². The highest BCUT2D eigenvalue weighted by Crippen LogP contribution is 2.32. The average molecular weight is 386 g/mol. The second-order valence-electron chi connectivity index (χ2n) is 6.70. The Morgan fingerprint density at radius 3 is 2.63 bits per heavy atom. The van der Waals surface area contributed by atoms with Crippen LogP contribution >= 0.6 is 11.3 Å². The summed E-state index contributed by atoms with van der Waals surface area (Å²) in [5.74, 6) is -1.27. The van der Waals surface area contributed by atoms with Crippen LogP contribution in [0.4, 0.5) is 0 Å². The SMILES string of the molecule is Cc1cc(-c2cc(C(=O)NCCC(=O)O)c3cnn(C(C)C)c3n2)c(C)s1. The molecule has 142 valence electrons. The van der Waals surface area contributed by atoms with Crippen LogP contribution in [-0.4, -0.2) is 38.3 Å². The maximum Gasteiger partial charge on any atom is 0.305 e. The maximum atomic E-state index is 12.7. The summed E-state index contributed by atoms with van der Waals surface area (Å²) in [6.45, 7) is 8.16. The number of aliphatic carboxylic acids is 1. The van der Waals surface area contributed by atoms with Crippen molar-refractivity contribution >= 4 is 34.2 Å². The first-order valence-corrected chi connectivity index (χ1v) is 9.55. The van der Waals surface area contributed by atoms with E-state index in [2.05, 4.69) is 16.5 Å². The molecule has 3 aromatic rings. The number of carboxylic acids is 1. The van der Waals surface area contributed by atoms with Crippen molar-refractivity contribution in [1.82, 2.24) is 20.1 Å². The number of carbonyl (C=O) groups is 2. The highest BCUT2D eigenvalue weighted by Gasteiger charge is 2.19. The quantitative estimate of drug-likeness (QED) is 0.675. The third-order valence-electron chi connectivity index (χ3n) is 4.24. The van der Waals surface area contributed by atoms with Gasteiger partial charge < -0.3 is 10.4 Å². The molecular weight excluding hydrogens is 364 g/mol. The van der Waals surface area contributed by atoms with Gasteiger partial charge in [-0.3, -0.25) is 9.59 Å². The molecule has 0 bridgehead atoms. The second-order valence-corrected chi connectivity index (χ2v) is 8.16. The average Bonchev–Trinajstić information content (AvgIpc) is 3.16. The molecule has 7 nitrogen and oxygen atoms in total. The summed E-state index contributed by atoms with van der Waals surface area (Å²) >= 11 is 1.69. The van der Waals surface area contributed by atoms with Gasteiger partial charge >= 0.3 is 5.97 Å². The Balaban J connectivity index is 2.12. The normalized spacial score (nSPS) is 11.3. The van der Waals surface area contributed by atoms with E-state index in [0.29, 0.717) is 16.6 Å². The Bertz CT molecular complexity index is 1020. The fourth-order valence-corrected chi connectivity index (χ4v) is 3.92. The lowest BCUT2D eigenvalue weighted by Crippen LogP contribution is -2.26. The molecule has 0 saturated carbocycles. The van der Waals surface area contributed by atoms with Gasteiger partial charge in [0.1, 0.15) is 0 Å². The molecule has 0 aliphatic heterocycles. The van der Waals surface area contributed by atoms with Gasteiger partial charge in [-0.05, 0) is 39.8 Å². The van der Waals surface area contributed by atoms with Crippen molar-refractivity contribution in [2.24, 2.45) is 0 Å². The summed E-state index contributed by atoms with van der Waals surface area (Å²) in [5.41, 5.74) is 2.82. The number of hydrogen-bond donors (Lipinski definition) is 2. The minimum absolute atomic E-state index is 0.0716. The first kappa shape index (κ1) is 19.0. The Hall–Kier alpha value is -2.74. The molecule has 0 aliphatic carbocycles. The first-order chi connectivity index (χ1) is 12.8. The zero-order valence-corrected chi connectivity index (χ0v) is 16.6. The van der Waals surface area contributed by atoms with Gasteiger partial charge in [0, 0.05) is 27.9 Å². The smallest absolute Gasteiger partial charge is 0.305 e. The van der Waals surface area contributed by atoms with Crippen molar-refractivity contribution in [2.75, 3.05) is 6.54 Å². The van der Waals surface area contributed by atoms with Crippen LogP contribution in [-0.2, 0) is 4.79 Å². The van der Waals surface area contributed by atoms with Crippen LogP contribution in [0.5, 0.6) is 0 Å². The number of nitrogens with zero attached hydrogens (tertiary/aromatic N) is 3. The van der Waals surface area contributed by atoms with Crippen LogP contribution in [0.25, 0.3) is 22.3 Å². The Labute approximate surface area is 161 Å². The summed E-state index contributed by atoms with van der Waals surface area (Å²) in [6, 6.07) is 3.92. The van der Waals surface area contributed by atoms with Crippen LogP contribution in [0.2, 0.25) is 0 Å². The standard InChI is InChI=1S/C19H22N4O3S/c1-10(2)23-18-15(9-21-23)14(19(26)20-6-5-17(24)25)8-16(22-18)13-7-11(3)27-12(13)4/h7-10H,5-6H2,1-4H3,(H,20,26)(H,24,25). The molecule has 8 heteroatoms. The highest BCUT2D eigenvalue weighted by atomic mass is 32.1. The van der Waals surface area contributed by atoms with E-state index in [9.17, 15) is 9.59 Å². The molecule has 2 N–H and O–H groups in total. The minimum atomic E-state index is -0.951. The lowest BCUT2D eigenvalue weighted by molar-refractivity contribution is -0.136. The highest BCUT2D eigenvalue weighted by molar-refractivity contribution is 7.12. The third-order valence-corrected chi connectivity index (χ3v) is 5.21. The molecular formula is C19H22N4O3S. The van der Waals surface area contributed by atoms with E-state index >= 15 is 0 Å². The number of rotatable bonds is 6. The molecule has 3 rings (SSSR count). The van der Waals surface area contributed by atoms with Gasteiger partial charge in [0.05, 0.1) is 29.3 Å². The second kappa shape index (κ2) is 7.48. The molecule has 0 radical (unpaired) electrons. The minimum Gasteiger partial charge on any atom is -0.481 e. The summed E-state index contributed by atoms with van der Waals surface area (Å²) < 4.78 is 1.79.